The summed E-state index contributed by atoms with van der Waals surface area (Å²) in [5, 5.41) is 0. The monoisotopic (exact) mass is 544 g/mol. The van der Waals surface area contributed by atoms with Gasteiger partial charge >= 0.3 is 0 Å². The molecule has 0 rings (SSSR count). The smallest absolute Gasteiger partial charge is 0.00388 e. The summed E-state index contributed by atoms with van der Waals surface area (Å²) in [7, 11) is 0. The van der Waals surface area contributed by atoms with Gasteiger partial charge in [-0.05, 0) is 64.2 Å². The molecule has 1 unspecified atom stereocenters. The summed E-state index contributed by atoms with van der Waals surface area (Å²) in [4.78, 5) is 0. The van der Waals surface area contributed by atoms with Crippen LogP contribution in [0.4, 0.5) is 0 Å². The van der Waals surface area contributed by atoms with Crippen molar-refractivity contribution in [2.24, 2.45) is 5.73 Å². The fourth-order valence-electron chi connectivity index (χ4n) is 4.61. The molecule has 1 atom stereocenters. The SMILES string of the molecule is CCC.CCC/C=C/C=C/CCCCCCCCCC(N)CCCCCCCC/C=C/C/C=C\CCCCC. The highest BCUT2D eigenvalue weighted by Crippen LogP contribution is 2.14. The van der Waals surface area contributed by atoms with Crippen molar-refractivity contribution in [2.75, 3.05) is 0 Å². The summed E-state index contributed by atoms with van der Waals surface area (Å²) < 4.78 is 0. The zero-order valence-electron chi connectivity index (χ0n) is 27.5. The summed E-state index contributed by atoms with van der Waals surface area (Å²) in [5.41, 5.74) is 6.36. The van der Waals surface area contributed by atoms with Crippen molar-refractivity contribution < 1.29 is 0 Å². The Hall–Kier alpha value is -1.08. The maximum atomic E-state index is 6.36. The number of rotatable bonds is 28. The third-order valence-corrected chi connectivity index (χ3v) is 7.06. The summed E-state index contributed by atoms with van der Waals surface area (Å²) >= 11 is 0. The molecule has 0 fully saturated rings. The lowest BCUT2D eigenvalue weighted by Crippen LogP contribution is -2.19. The fraction of sp³-hybridized carbons (Fsp3) is 0.789. The summed E-state index contributed by atoms with van der Waals surface area (Å²) in [6, 6.07) is 0.439. The number of hydrogen-bond acceptors (Lipinski definition) is 1. The first kappa shape index (κ1) is 40.1. The topological polar surface area (TPSA) is 26.0 Å². The van der Waals surface area contributed by atoms with Crippen molar-refractivity contribution in [3.8, 4) is 0 Å². The van der Waals surface area contributed by atoms with E-state index in [1.54, 1.807) is 0 Å². The highest BCUT2D eigenvalue weighted by molar-refractivity contribution is 5.02. The molecule has 0 aliphatic carbocycles. The molecule has 0 saturated heterocycles. The molecule has 0 bridgehead atoms. The Morgan fingerprint density at radius 3 is 1.26 bits per heavy atom. The van der Waals surface area contributed by atoms with E-state index in [4.69, 9.17) is 5.73 Å². The molecule has 0 aliphatic rings. The highest BCUT2D eigenvalue weighted by Gasteiger charge is 2.02. The zero-order chi connectivity index (χ0) is 28.9. The average molecular weight is 544 g/mol. The van der Waals surface area contributed by atoms with Gasteiger partial charge in [-0.15, -0.1) is 0 Å². The predicted molar refractivity (Wildman–Crippen MR) is 183 cm³/mol. The number of unbranched alkanes of at least 4 members (excludes halogenated alkanes) is 17. The molecular weight excluding hydrogens is 470 g/mol. The van der Waals surface area contributed by atoms with Gasteiger partial charge in [0.05, 0.1) is 0 Å². The van der Waals surface area contributed by atoms with Gasteiger partial charge < -0.3 is 5.73 Å². The molecule has 0 amide bonds. The van der Waals surface area contributed by atoms with Crippen LogP contribution in [0.1, 0.15) is 188 Å². The van der Waals surface area contributed by atoms with E-state index in [0.717, 1.165) is 6.42 Å². The lowest BCUT2D eigenvalue weighted by Gasteiger charge is -2.11. The van der Waals surface area contributed by atoms with Gasteiger partial charge in [0, 0.05) is 6.04 Å². The molecule has 0 aliphatic heterocycles. The Balaban J connectivity index is 0. The van der Waals surface area contributed by atoms with Gasteiger partial charge in [-0.2, -0.15) is 0 Å². The Labute approximate surface area is 248 Å². The quantitative estimate of drug-likeness (QED) is 0.0592. The van der Waals surface area contributed by atoms with Crippen molar-refractivity contribution in [3.05, 3.63) is 48.6 Å². The van der Waals surface area contributed by atoms with E-state index in [2.05, 4.69) is 76.3 Å². The van der Waals surface area contributed by atoms with Gasteiger partial charge in [-0.1, -0.05) is 173 Å². The van der Waals surface area contributed by atoms with E-state index in [-0.39, 0.29) is 0 Å². The first-order valence-corrected chi connectivity index (χ1v) is 17.6. The van der Waals surface area contributed by atoms with Crippen LogP contribution in [0, 0.1) is 0 Å². The van der Waals surface area contributed by atoms with Crippen molar-refractivity contribution in [1.82, 2.24) is 0 Å². The second kappa shape index (κ2) is 39.1. The minimum atomic E-state index is 0.439. The Morgan fingerprint density at radius 2 is 0.795 bits per heavy atom. The Kier molecular flexibility index (Phi) is 40.1. The summed E-state index contributed by atoms with van der Waals surface area (Å²) in [6.07, 6.45) is 51.3. The highest BCUT2D eigenvalue weighted by atomic mass is 14.6. The van der Waals surface area contributed by atoms with E-state index in [1.165, 1.54) is 154 Å². The molecule has 0 aromatic heterocycles. The minimum Gasteiger partial charge on any atom is -0.328 e. The molecule has 0 spiro atoms. The van der Waals surface area contributed by atoms with Gasteiger partial charge in [0.25, 0.3) is 0 Å². The van der Waals surface area contributed by atoms with E-state index >= 15 is 0 Å². The first-order valence-electron chi connectivity index (χ1n) is 17.6. The summed E-state index contributed by atoms with van der Waals surface area (Å²) in [5.74, 6) is 0. The molecule has 39 heavy (non-hydrogen) atoms. The number of hydrogen-bond donors (Lipinski definition) is 1. The van der Waals surface area contributed by atoms with Crippen LogP contribution < -0.4 is 5.73 Å². The van der Waals surface area contributed by atoms with Crippen LogP contribution in [-0.4, -0.2) is 6.04 Å². The molecule has 0 aromatic carbocycles. The third-order valence-electron chi connectivity index (χ3n) is 7.06. The van der Waals surface area contributed by atoms with Gasteiger partial charge in [0.15, 0.2) is 0 Å². The largest absolute Gasteiger partial charge is 0.328 e. The lowest BCUT2D eigenvalue weighted by molar-refractivity contribution is 0.481. The Bertz CT molecular complexity index is 527. The average Bonchev–Trinajstić information content (AvgIpc) is 2.93. The molecular formula is C38H73N. The number of nitrogens with two attached hydrogens (primary N) is 1. The van der Waals surface area contributed by atoms with Crippen molar-refractivity contribution in [1.29, 1.82) is 0 Å². The molecule has 0 radical (unpaired) electrons. The normalized spacial score (nSPS) is 12.7. The molecule has 2 N–H and O–H groups in total. The van der Waals surface area contributed by atoms with Crippen LogP contribution in [0.2, 0.25) is 0 Å². The maximum Gasteiger partial charge on any atom is 0.00388 e. The zero-order valence-corrected chi connectivity index (χ0v) is 27.5. The van der Waals surface area contributed by atoms with Gasteiger partial charge in [-0.3, -0.25) is 0 Å². The first-order chi connectivity index (χ1) is 19.2. The molecule has 0 aromatic rings. The van der Waals surface area contributed by atoms with Crippen LogP contribution in [-0.2, 0) is 0 Å². The van der Waals surface area contributed by atoms with E-state index < -0.39 is 0 Å². The predicted octanol–water partition coefficient (Wildman–Crippen LogP) is 13.4. The van der Waals surface area contributed by atoms with Crippen molar-refractivity contribution in [2.45, 2.75) is 194 Å². The van der Waals surface area contributed by atoms with E-state index in [0.29, 0.717) is 6.04 Å². The van der Waals surface area contributed by atoms with Crippen molar-refractivity contribution >= 4 is 0 Å². The minimum absolute atomic E-state index is 0.439. The second-order valence-electron chi connectivity index (χ2n) is 11.5. The van der Waals surface area contributed by atoms with Gasteiger partial charge in [-0.25, -0.2) is 0 Å². The standard InChI is InChI=1S/C35H65N.C3H8/c1-3-5-7-9-11-13-15-17-19-20-22-24-26-28-30-32-34-35(36)33-31-29-27-25-23-21-18-16-14-12-10-8-6-4-2;1-3-2/h8,10-14,17,19,35H,3-7,9,15-16,18,20-34,36H2,1-2H3;3H2,1-2H3/b10-8+,13-11-,14-12+,19-17+;. The Morgan fingerprint density at radius 1 is 0.410 bits per heavy atom. The van der Waals surface area contributed by atoms with Crippen LogP contribution in [0.3, 0.4) is 0 Å². The van der Waals surface area contributed by atoms with Gasteiger partial charge in [0.2, 0.25) is 0 Å². The van der Waals surface area contributed by atoms with Crippen molar-refractivity contribution in [3.63, 3.8) is 0 Å². The fourth-order valence-corrected chi connectivity index (χ4v) is 4.61. The van der Waals surface area contributed by atoms with Crippen LogP contribution in [0.5, 0.6) is 0 Å². The van der Waals surface area contributed by atoms with E-state index in [1.807, 2.05) is 0 Å². The lowest BCUT2D eigenvalue weighted by atomic mass is 10.0. The molecule has 1 nitrogen and oxygen atoms in total. The maximum absolute atomic E-state index is 6.36. The van der Waals surface area contributed by atoms with E-state index in [9.17, 15) is 0 Å². The third kappa shape index (κ3) is 41.5. The summed E-state index contributed by atoms with van der Waals surface area (Å²) in [6.45, 7) is 8.74. The molecule has 1 heteroatoms. The second-order valence-corrected chi connectivity index (χ2v) is 11.5. The van der Waals surface area contributed by atoms with Gasteiger partial charge in [0.1, 0.15) is 0 Å². The molecule has 230 valence electrons. The number of allylic oxidation sites excluding steroid dienone is 8. The van der Waals surface area contributed by atoms with Crippen LogP contribution in [0.15, 0.2) is 48.6 Å². The van der Waals surface area contributed by atoms with Crippen LogP contribution in [0.25, 0.3) is 0 Å². The van der Waals surface area contributed by atoms with Crippen LogP contribution >= 0.6 is 0 Å². The molecule has 0 saturated carbocycles. The molecule has 0 heterocycles.